The fourth-order valence-electron chi connectivity index (χ4n) is 2.22. The second-order valence-corrected chi connectivity index (χ2v) is 5.48. The van der Waals surface area contributed by atoms with Gasteiger partial charge in [0.25, 0.3) is 0 Å². The van der Waals surface area contributed by atoms with Gasteiger partial charge in [-0.2, -0.15) is 0 Å². The summed E-state index contributed by atoms with van der Waals surface area (Å²) < 4.78 is 5.59. The molecule has 0 aromatic rings. The summed E-state index contributed by atoms with van der Waals surface area (Å²) in [6.45, 7) is 11.0. The molecule has 3 heteroatoms. The molecular formula is C12H28N2O. The molecule has 0 saturated carbocycles. The molecule has 3 atom stereocenters. The van der Waals surface area contributed by atoms with E-state index in [1.165, 1.54) is 12.8 Å². The highest BCUT2D eigenvalue weighted by Gasteiger charge is 2.34. The summed E-state index contributed by atoms with van der Waals surface area (Å²) in [7, 11) is 1.76. The van der Waals surface area contributed by atoms with Crippen molar-refractivity contribution in [3.63, 3.8) is 0 Å². The van der Waals surface area contributed by atoms with Crippen LogP contribution in [0.25, 0.3) is 0 Å². The molecule has 3 N–H and O–H groups in total. The van der Waals surface area contributed by atoms with Crippen molar-refractivity contribution in [1.29, 1.82) is 0 Å². The van der Waals surface area contributed by atoms with Crippen LogP contribution in [-0.2, 0) is 4.74 Å². The van der Waals surface area contributed by atoms with Gasteiger partial charge in [0.1, 0.15) is 0 Å². The smallest absolute Gasteiger partial charge is 0.0788 e. The summed E-state index contributed by atoms with van der Waals surface area (Å²) in [5.74, 6) is 6.18. The molecular weight excluding hydrogens is 188 g/mol. The molecule has 0 aromatic heterocycles. The maximum atomic E-state index is 5.65. The molecule has 15 heavy (non-hydrogen) atoms. The van der Waals surface area contributed by atoms with Gasteiger partial charge in [0.2, 0.25) is 0 Å². The van der Waals surface area contributed by atoms with Crippen molar-refractivity contribution in [3.05, 3.63) is 0 Å². The average molecular weight is 216 g/mol. The van der Waals surface area contributed by atoms with Crippen LogP contribution >= 0.6 is 0 Å². The molecule has 0 rings (SSSR count). The Morgan fingerprint density at radius 3 is 2.13 bits per heavy atom. The number of nitrogens with two attached hydrogens (primary N) is 1. The van der Waals surface area contributed by atoms with Gasteiger partial charge in [-0.15, -0.1) is 0 Å². The molecule has 0 spiro atoms. The molecule has 0 amide bonds. The lowest BCUT2D eigenvalue weighted by Crippen LogP contribution is -2.53. The van der Waals surface area contributed by atoms with Crippen molar-refractivity contribution >= 4 is 0 Å². The summed E-state index contributed by atoms with van der Waals surface area (Å²) in [5, 5.41) is 0. The van der Waals surface area contributed by atoms with Crippen LogP contribution in [-0.4, -0.2) is 19.3 Å². The fourth-order valence-corrected chi connectivity index (χ4v) is 2.22. The van der Waals surface area contributed by atoms with E-state index in [0.29, 0.717) is 5.92 Å². The molecule has 0 heterocycles. The monoisotopic (exact) mass is 216 g/mol. The predicted molar refractivity (Wildman–Crippen MR) is 65.4 cm³/mol. The normalized spacial score (nSPS) is 18.6. The van der Waals surface area contributed by atoms with Crippen molar-refractivity contribution in [1.82, 2.24) is 5.43 Å². The van der Waals surface area contributed by atoms with Crippen LogP contribution in [0, 0.1) is 11.3 Å². The number of hydrazine groups is 1. The van der Waals surface area contributed by atoms with Gasteiger partial charge in [-0.05, 0) is 17.8 Å². The molecule has 0 aliphatic carbocycles. The zero-order valence-electron chi connectivity index (χ0n) is 11.1. The summed E-state index contributed by atoms with van der Waals surface area (Å²) >= 11 is 0. The van der Waals surface area contributed by atoms with Crippen molar-refractivity contribution in [3.8, 4) is 0 Å². The quantitative estimate of drug-likeness (QED) is 0.529. The maximum absolute atomic E-state index is 5.65. The average Bonchev–Trinajstić information content (AvgIpc) is 2.11. The van der Waals surface area contributed by atoms with Crippen LogP contribution in [0.2, 0.25) is 0 Å². The Kier molecular flexibility index (Phi) is 6.41. The Bertz CT molecular complexity index is 165. The lowest BCUT2D eigenvalue weighted by atomic mass is 9.79. The number of methoxy groups -OCH3 is 1. The van der Waals surface area contributed by atoms with E-state index in [1.807, 2.05) is 0 Å². The Morgan fingerprint density at radius 1 is 1.33 bits per heavy atom. The predicted octanol–water partition coefficient (Wildman–Crippen LogP) is 2.32. The van der Waals surface area contributed by atoms with Gasteiger partial charge >= 0.3 is 0 Å². The number of rotatable bonds is 6. The summed E-state index contributed by atoms with van der Waals surface area (Å²) in [6, 6.07) is 0.218. The highest BCUT2D eigenvalue weighted by molar-refractivity contribution is 4.87. The van der Waals surface area contributed by atoms with Gasteiger partial charge in [-0.3, -0.25) is 11.3 Å². The van der Waals surface area contributed by atoms with Crippen LogP contribution < -0.4 is 11.3 Å². The van der Waals surface area contributed by atoms with E-state index in [0.717, 1.165) is 0 Å². The molecule has 92 valence electrons. The van der Waals surface area contributed by atoms with E-state index >= 15 is 0 Å². The fraction of sp³-hybridized carbons (Fsp3) is 1.00. The van der Waals surface area contributed by atoms with E-state index in [4.69, 9.17) is 10.6 Å². The minimum atomic E-state index is 0.105. The standard InChI is InChI=1S/C12H28N2O/c1-7-8-9(2)10(14-13)11(15-6)12(3,4)5/h9-11,14H,7-8,13H2,1-6H3. The van der Waals surface area contributed by atoms with Crippen molar-refractivity contribution in [2.45, 2.75) is 59.6 Å². The van der Waals surface area contributed by atoms with Gasteiger partial charge < -0.3 is 4.74 Å². The zero-order valence-corrected chi connectivity index (χ0v) is 11.1. The van der Waals surface area contributed by atoms with Gasteiger partial charge in [0, 0.05) is 7.11 Å². The Balaban J connectivity index is 4.60. The number of hydrogen-bond donors (Lipinski definition) is 2. The number of nitrogens with one attached hydrogen (secondary N) is 1. The first kappa shape index (κ1) is 14.9. The first-order valence-electron chi connectivity index (χ1n) is 5.87. The molecule has 0 radical (unpaired) electrons. The summed E-state index contributed by atoms with van der Waals surface area (Å²) in [6.07, 6.45) is 2.49. The highest BCUT2D eigenvalue weighted by atomic mass is 16.5. The van der Waals surface area contributed by atoms with Crippen molar-refractivity contribution < 1.29 is 4.74 Å². The van der Waals surface area contributed by atoms with E-state index in [2.05, 4.69) is 40.0 Å². The minimum Gasteiger partial charge on any atom is -0.379 e. The summed E-state index contributed by atoms with van der Waals surface area (Å²) in [4.78, 5) is 0. The van der Waals surface area contributed by atoms with E-state index in [1.54, 1.807) is 7.11 Å². The molecule has 0 fully saturated rings. The molecule has 0 saturated heterocycles. The third-order valence-corrected chi connectivity index (χ3v) is 2.98. The molecule has 3 unspecified atom stereocenters. The second-order valence-electron chi connectivity index (χ2n) is 5.48. The SMILES string of the molecule is CCCC(C)C(NN)C(OC)C(C)(C)C. The third-order valence-electron chi connectivity index (χ3n) is 2.98. The van der Waals surface area contributed by atoms with Gasteiger partial charge in [0.05, 0.1) is 12.1 Å². The lowest BCUT2D eigenvalue weighted by Gasteiger charge is -2.38. The van der Waals surface area contributed by atoms with Crippen molar-refractivity contribution in [2.75, 3.05) is 7.11 Å². The maximum Gasteiger partial charge on any atom is 0.0788 e. The topological polar surface area (TPSA) is 47.3 Å². The van der Waals surface area contributed by atoms with Crippen LogP contribution in [0.3, 0.4) is 0 Å². The summed E-state index contributed by atoms with van der Waals surface area (Å²) in [5.41, 5.74) is 3.02. The highest BCUT2D eigenvalue weighted by Crippen LogP contribution is 2.28. The Labute approximate surface area is 94.7 Å². The Morgan fingerprint density at radius 2 is 1.87 bits per heavy atom. The van der Waals surface area contributed by atoms with Crippen LogP contribution in [0.5, 0.6) is 0 Å². The van der Waals surface area contributed by atoms with Crippen LogP contribution in [0.15, 0.2) is 0 Å². The first-order valence-corrected chi connectivity index (χ1v) is 5.87. The van der Waals surface area contributed by atoms with E-state index in [-0.39, 0.29) is 17.6 Å². The molecule has 0 aliphatic rings. The third kappa shape index (κ3) is 4.49. The number of ether oxygens (including phenoxy) is 1. The van der Waals surface area contributed by atoms with Gasteiger partial charge in [-0.25, -0.2) is 0 Å². The van der Waals surface area contributed by atoms with Gasteiger partial charge in [0.15, 0.2) is 0 Å². The van der Waals surface area contributed by atoms with Gasteiger partial charge in [-0.1, -0.05) is 41.0 Å². The first-order chi connectivity index (χ1) is 6.88. The second kappa shape index (κ2) is 6.46. The van der Waals surface area contributed by atoms with Crippen LogP contribution in [0.4, 0.5) is 0 Å². The van der Waals surface area contributed by atoms with E-state index < -0.39 is 0 Å². The molecule has 0 aliphatic heterocycles. The van der Waals surface area contributed by atoms with E-state index in [9.17, 15) is 0 Å². The van der Waals surface area contributed by atoms with Crippen molar-refractivity contribution in [2.24, 2.45) is 17.2 Å². The molecule has 3 nitrogen and oxygen atoms in total. The lowest BCUT2D eigenvalue weighted by molar-refractivity contribution is -0.0255. The Hall–Kier alpha value is -0.120. The minimum absolute atomic E-state index is 0.105. The number of hydrogen-bond acceptors (Lipinski definition) is 3. The zero-order chi connectivity index (χ0) is 12.1. The molecule has 0 bridgehead atoms. The van der Waals surface area contributed by atoms with Crippen LogP contribution in [0.1, 0.15) is 47.5 Å². The largest absolute Gasteiger partial charge is 0.379 e. The molecule has 0 aromatic carbocycles.